The number of nitrogens with one attached hydrogen (secondary N) is 1. The van der Waals surface area contributed by atoms with Crippen LogP contribution in [-0.4, -0.2) is 37.3 Å². The maximum absolute atomic E-state index is 12.0. The van der Waals surface area contributed by atoms with Crippen LogP contribution in [0.3, 0.4) is 0 Å². The molecular formula is C14H19F3N2. The van der Waals surface area contributed by atoms with Crippen LogP contribution in [0.25, 0.3) is 0 Å². The number of rotatable bonds is 5. The van der Waals surface area contributed by atoms with Gasteiger partial charge in [0.05, 0.1) is 6.54 Å². The van der Waals surface area contributed by atoms with Crippen molar-refractivity contribution in [3.8, 4) is 0 Å². The summed E-state index contributed by atoms with van der Waals surface area (Å²) in [5.41, 5.74) is 1.26. The van der Waals surface area contributed by atoms with Crippen molar-refractivity contribution in [3.05, 3.63) is 35.9 Å². The first-order chi connectivity index (χ1) is 9.03. The van der Waals surface area contributed by atoms with E-state index in [0.717, 1.165) is 26.1 Å². The lowest BCUT2D eigenvalue weighted by molar-refractivity contribution is -0.125. The molecule has 0 aliphatic carbocycles. The normalized spacial score (nSPS) is 20.9. The minimum atomic E-state index is -4.11. The second-order valence-corrected chi connectivity index (χ2v) is 5.12. The molecule has 1 fully saturated rings. The highest BCUT2D eigenvalue weighted by atomic mass is 19.4. The molecule has 0 spiro atoms. The molecule has 19 heavy (non-hydrogen) atoms. The Balaban J connectivity index is 1.69. The van der Waals surface area contributed by atoms with Gasteiger partial charge in [-0.15, -0.1) is 0 Å². The lowest BCUT2D eigenvalue weighted by atomic mass is 10.1. The predicted molar refractivity (Wildman–Crippen MR) is 68.8 cm³/mol. The molecule has 1 aliphatic heterocycles. The number of halogens is 3. The molecular weight excluding hydrogens is 253 g/mol. The van der Waals surface area contributed by atoms with Gasteiger partial charge in [0.2, 0.25) is 0 Å². The zero-order chi connectivity index (χ0) is 13.7. The van der Waals surface area contributed by atoms with Crippen LogP contribution in [0.1, 0.15) is 12.0 Å². The van der Waals surface area contributed by atoms with Crippen molar-refractivity contribution in [1.82, 2.24) is 10.2 Å². The summed E-state index contributed by atoms with van der Waals surface area (Å²) in [5.74, 6) is 0.325. The Morgan fingerprint density at radius 1 is 1.21 bits per heavy atom. The van der Waals surface area contributed by atoms with E-state index in [0.29, 0.717) is 12.5 Å². The van der Waals surface area contributed by atoms with E-state index < -0.39 is 12.7 Å². The minimum Gasteiger partial charge on any atom is -0.308 e. The molecule has 0 bridgehead atoms. The summed E-state index contributed by atoms with van der Waals surface area (Å²) < 4.78 is 36.1. The first kappa shape index (κ1) is 14.3. The molecule has 0 amide bonds. The monoisotopic (exact) mass is 272 g/mol. The lowest BCUT2D eigenvalue weighted by Crippen LogP contribution is -2.33. The molecule has 1 aliphatic rings. The van der Waals surface area contributed by atoms with E-state index in [9.17, 15) is 13.2 Å². The Kier molecular flexibility index (Phi) is 4.82. The Bertz CT molecular complexity index is 378. The van der Waals surface area contributed by atoms with E-state index in [1.165, 1.54) is 5.56 Å². The summed E-state index contributed by atoms with van der Waals surface area (Å²) in [6.45, 7) is 2.29. The maximum atomic E-state index is 12.0. The van der Waals surface area contributed by atoms with Crippen LogP contribution in [0.4, 0.5) is 13.2 Å². The fourth-order valence-corrected chi connectivity index (χ4v) is 2.48. The third-order valence-corrected chi connectivity index (χ3v) is 3.38. The van der Waals surface area contributed by atoms with E-state index in [-0.39, 0.29) is 0 Å². The molecule has 1 saturated heterocycles. The molecule has 0 aromatic heterocycles. The van der Waals surface area contributed by atoms with Crippen molar-refractivity contribution in [1.29, 1.82) is 0 Å². The smallest absolute Gasteiger partial charge is 0.308 e. The molecule has 1 N–H and O–H groups in total. The van der Waals surface area contributed by atoms with Gasteiger partial charge in [-0.1, -0.05) is 30.3 Å². The highest BCUT2D eigenvalue weighted by molar-refractivity contribution is 5.14. The Labute approximate surface area is 111 Å². The summed E-state index contributed by atoms with van der Waals surface area (Å²) in [6.07, 6.45) is -3.14. The van der Waals surface area contributed by atoms with Gasteiger partial charge in [0.1, 0.15) is 0 Å². The third kappa shape index (κ3) is 5.20. The van der Waals surface area contributed by atoms with E-state index >= 15 is 0 Å². The maximum Gasteiger partial charge on any atom is 0.401 e. The topological polar surface area (TPSA) is 15.3 Å². The first-order valence-electron chi connectivity index (χ1n) is 6.57. The summed E-state index contributed by atoms with van der Waals surface area (Å²) in [4.78, 5) is 2.30. The molecule has 1 atom stereocenters. The van der Waals surface area contributed by atoms with Gasteiger partial charge in [-0.25, -0.2) is 0 Å². The van der Waals surface area contributed by atoms with Gasteiger partial charge in [-0.2, -0.15) is 13.2 Å². The zero-order valence-corrected chi connectivity index (χ0v) is 10.8. The highest BCUT2D eigenvalue weighted by Crippen LogP contribution is 2.19. The summed E-state index contributed by atoms with van der Waals surface area (Å²) >= 11 is 0. The number of alkyl halides is 3. The number of hydrogen-bond acceptors (Lipinski definition) is 2. The van der Waals surface area contributed by atoms with Crippen LogP contribution in [0.5, 0.6) is 0 Å². The summed E-state index contributed by atoms with van der Waals surface area (Å²) in [5, 5.41) is 2.50. The third-order valence-electron chi connectivity index (χ3n) is 3.38. The van der Waals surface area contributed by atoms with Gasteiger partial charge >= 0.3 is 6.18 Å². The van der Waals surface area contributed by atoms with Gasteiger partial charge in [-0.05, 0) is 31.0 Å². The number of hydrogen-bond donors (Lipinski definition) is 1. The van der Waals surface area contributed by atoms with Gasteiger partial charge in [0, 0.05) is 13.1 Å². The van der Waals surface area contributed by atoms with Gasteiger partial charge in [-0.3, -0.25) is 4.90 Å². The zero-order valence-electron chi connectivity index (χ0n) is 10.8. The SMILES string of the molecule is FC(F)(F)CNC[C@H]1CCN(Cc2ccccc2)C1. The van der Waals surface area contributed by atoms with Crippen LogP contribution in [0.2, 0.25) is 0 Å². The summed E-state index contributed by atoms with van der Waals surface area (Å²) in [7, 11) is 0. The molecule has 1 heterocycles. The molecule has 2 rings (SSSR count). The molecule has 1 aromatic carbocycles. The van der Waals surface area contributed by atoms with E-state index in [1.54, 1.807) is 0 Å². The van der Waals surface area contributed by atoms with Crippen molar-refractivity contribution in [2.24, 2.45) is 5.92 Å². The van der Waals surface area contributed by atoms with Crippen molar-refractivity contribution < 1.29 is 13.2 Å². The quantitative estimate of drug-likeness (QED) is 0.886. The molecule has 5 heteroatoms. The van der Waals surface area contributed by atoms with E-state index in [2.05, 4.69) is 22.3 Å². The van der Waals surface area contributed by atoms with Crippen LogP contribution in [0.15, 0.2) is 30.3 Å². The fourth-order valence-electron chi connectivity index (χ4n) is 2.48. The van der Waals surface area contributed by atoms with Crippen molar-refractivity contribution in [3.63, 3.8) is 0 Å². The van der Waals surface area contributed by atoms with Crippen molar-refractivity contribution in [2.75, 3.05) is 26.2 Å². The largest absolute Gasteiger partial charge is 0.401 e. The van der Waals surface area contributed by atoms with Crippen LogP contribution >= 0.6 is 0 Å². The molecule has 0 saturated carbocycles. The van der Waals surface area contributed by atoms with Crippen LogP contribution in [0, 0.1) is 5.92 Å². The average molecular weight is 272 g/mol. The second kappa shape index (κ2) is 6.39. The standard InChI is InChI=1S/C14H19F3N2/c15-14(16,17)11-18-8-13-6-7-19(10-13)9-12-4-2-1-3-5-12/h1-5,13,18H,6-11H2/t13-/m1/s1. The van der Waals surface area contributed by atoms with Gasteiger partial charge in [0.25, 0.3) is 0 Å². The van der Waals surface area contributed by atoms with E-state index in [1.807, 2.05) is 18.2 Å². The van der Waals surface area contributed by atoms with Gasteiger partial charge < -0.3 is 5.32 Å². The fraction of sp³-hybridized carbons (Fsp3) is 0.571. The second-order valence-electron chi connectivity index (χ2n) is 5.12. The summed E-state index contributed by atoms with van der Waals surface area (Å²) in [6, 6.07) is 10.2. The minimum absolute atomic E-state index is 0.325. The van der Waals surface area contributed by atoms with Crippen molar-refractivity contribution >= 4 is 0 Å². The first-order valence-corrected chi connectivity index (χ1v) is 6.57. The molecule has 0 radical (unpaired) electrons. The number of benzene rings is 1. The molecule has 0 unspecified atom stereocenters. The van der Waals surface area contributed by atoms with Crippen LogP contribution < -0.4 is 5.32 Å². The van der Waals surface area contributed by atoms with Crippen LogP contribution in [-0.2, 0) is 6.54 Å². The van der Waals surface area contributed by atoms with Gasteiger partial charge in [0.15, 0.2) is 0 Å². The molecule has 2 nitrogen and oxygen atoms in total. The number of nitrogens with zero attached hydrogens (tertiary/aromatic N) is 1. The van der Waals surface area contributed by atoms with Crippen molar-refractivity contribution in [2.45, 2.75) is 19.1 Å². The lowest BCUT2D eigenvalue weighted by Gasteiger charge is -2.16. The highest BCUT2D eigenvalue weighted by Gasteiger charge is 2.28. The Hall–Kier alpha value is -1.07. The number of likely N-dealkylation sites (tertiary alicyclic amines) is 1. The Morgan fingerprint density at radius 3 is 2.63 bits per heavy atom. The molecule has 106 valence electrons. The average Bonchev–Trinajstić information content (AvgIpc) is 2.76. The van der Waals surface area contributed by atoms with E-state index in [4.69, 9.17) is 0 Å². The Morgan fingerprint density at radius 2 is 1.95 bits per heavy atom. The molecule has 1 aromatic rings. The predicted octanol–water partition coefficient (Wildman–Crippen LogP) is 2.66.